The molecule has 0 aliphatic heterocycles. The molecule has 0 atom stereocenters. The zero-order valence-corrected chi connectivity index (χ0v) is 11.5. The molecule has 18 heavy (non-hydrogen) atoms. The molecule has 0 aromatic carbocycles. The lowest BCUT2D eigenvalue weighted by Crippen LogP contribution is -2.03. The highest BCUT2D eigenvalue weighted by atomic mass is 35.5. The van der Waals surface area contributed by atoms with Crippen molar-refractivity contribution in [3.05, 3.63) is 40.6 Å². The Kier molecular flexibility index (Phi) is 4.39. The van der Waals surface area contributed by atoms with Crippen molar-refractivity contribution in [3.8, 4) is 11.3 Å². The van der Waals surface area contributed by atoms with Crippen molar-refractivity contribution in [1.82, 2.24) is 9.97 Å². The van der Waals surface area contributed by atoms with Gasteiger partial charge in [-0.05, 0) is 24.6 Å². The van der Waals surface area contributed by atoms with E-state index >= 15 is 0 Å². The van der Waals surface area contributed by atoms with Gasteiger partial charge in [0.2, 0.25) is 0 Å². The van der Waals surface area contributed by atoms with Crippen LogP contribution in [0.3, 0.4) is 0 Å². The van der Waals surface area contributed by atoms with Crippen molar-refractivity contribution in [2.45, 2.75) is 13.3 Å². The summed E-state index contributed by atoms with van der Waals surface area (Å²) in [7, 11) is 0. The van der Waals surface area contributed by atoms with Crippen LogP contribution in [0.2, 0.25) is 10.0 Å². The van der Waals surface area contributed by atoms with Crippen LogP contribution in [0, 0.1) is 0 Å². The van der Waals surface area contributed by atoms with Crippen LogP contribution in [0.5, 0.6) is 0 Å². The van der Waals surface area contributed by atoms with E-state index in [9.17, 15) is 0 Å². The minimum absolute atomic E-state index is 0.523. The number of hydrogen-bond acceptors (Lipinski definition) is 3. The predicted molar refractivity (Wildman–Crippen MR) is 76.3 cm³/mol. The molecule has 0 saturated carbocycles. The SMILES string of the molecule is CCCNc1nc(-c2cccnc2)c(Cl)cc1Cl. The first-order chi connectivity index (χ1) is 8.72. The smallest absolute Gasteiger partial charge is 0.145 e. The van der Waals surface area contributed by atoms with Crippen LogP contribution in [0.15, 0.2) is 30.6 Å². The molecular formula is C13H13Cl2N3. The van der Waals surface area contributed by atoms with E-state index in [4.69, 9.17) is 23.2 Å². The molecule has 2 heterocycles. The molecule has 2 aromatic rings. The highest BCUT2D eigenvalue weighted by Crippen LogP contribution is 2.31. The normalized spacial score (nSPS) is 10.4. The summed E-state index contributed by atoms with van der Waals surface area (Å²) in [4.78, 5) is 8.53. The van der Waals surface area contributed by atoms with Gasteiger partial charge in [0.05, 0.1) is 15.7 Å². The molecular weight excluding hydrogens is 269 g/mol. The number of aromatic nitrogens is 2. The quantitative estimate of drug-likeness (QED) is 0.909. The fourth-order valence-electron chi connectivity index (χ4n) is 1.54. The fourth-order valence-corrected chi connectivity index (χ4v) is 2.07. The van der Waals surface area contributed by atoms with E-state index in [-0.39, 0.29) is 0 Å². The molecule has 0 saturated heterocycles. The van der Waals surface area contributed by atoms with E-state index in [0.717, 1.165) is 18.5 Å². The van der Waals surface area contributed by atoms with E-state index in [1.807, 2.05) is 12.1 Å². The minimum Gasteiger partial charge on any atom is -0.369 e. The van der Waals surface area contributed by atoms with Crippen LogP contribution in [-0.4, -0.2) is 16.5 Å². The van der Waals surface area contributed by atoms with Gasteiger partial charge in [0.25, 0.3) is 0 Å². The van der Waals surface area contributed by atoms with Gasteiger partial charge in [0.1, 0.15) is 5.82 Å². The predicted octanol–water partition coefficient (Wildman–Crippen LogP) is 4.27. The van der Waals surface area contributed by atoms with Crippen LogP contribution in [-0.2, 0) is 0 Å². The first-order valence-electron chi connectivity index (χ1n) is 5.72. The van der Waals surface area contributed by atoms with Crippen LogP contribution >= 0.6 is 23.2 Å². The molecule has 1 N–H and O–H groups in total. The van der Waals surface area contributed by atoms with Crippen molar-refractivity contribution < 1.29 is 0 Å². The Morgan fingerprint density at radius 1 is 1.28 bits per heavy atom. The first-order valence-corrected chi connectivity index (χ1v) is 6.48. The highest BCUT2D eigenvalue weighted by molar-refractivity contribution is 6.37. The van der Waals surface area contributed by atoms with E-state index in [2.05, 4.69) is 22.2 Å². The zero-order valence-electron chi connectivity index (χ0n) is 9.95. The van der Waals surface area contributed by atoms with E-state index < -0.39 is 0 Å². The number of pyridine rings is 2. The second kappa shape index (κ2) is 6.03. The average molecular weight is 282 g/mol. The molecule has 94 valence electrons. The van der Waals surface area contributed by atoms with Gasteiger partial charge in [-0.1, -0.05) is 30.1 Å². The molecule has 2 rings (SSSR count). The Morgan fingerprint density at radius 3 is 2.78 bits per heavy atom. The Hall–Kier alpha value is -1.32. The number of rotatable bonds is 4. The van der Waals surface area contributed by atoms with Crippen LogP contribution in [0.25, 0.3) is 11.3 Å². The van der Waals surface area contributed by atoms with Gasteiger partial charge in [0.15, 0.2) is 0 Å². The van der Waals surface area contributed by atoms with E-state index in [1.165, 1.54) is 0 Å². The summed E-state index contributed by atoms with van der Waals surface area (Å²) in [5, 5.41) is 4.23. The maximum Gasteiger partial charge on any atom is 0.145 e. The van der Waals surface area contributed by atoms with Gasteiger partial charge < -0.3 is 5.32 Å². The third-order valence-corrected chi connectivity index (χ3v) is 2.98. The summed E-state index contributed by atoms with van der Waals surface area (Å²) >= 11 is 12.3. The van der Waals surface area contributed by atoms with Crippen molar-refractivity contribution in [1.29, 1.82) is 0 Å². The van der Waals surface area contributed by atoms with Crippen molar-refractivity contribution in [2.24, 2.45) is 0 Å². The molecule has 0 amide bonds. The Balaban J connectivity index is 2.42. The summed E-state index contributed by atoms with van der Waals surface area (Å²) in [5.41, 5.74) is 1.56. The molecule has 3 nitrogen and oxygen atoms in total. The fraction of sp³-hybridized carbons (Fsp3) is 0.231. The molecule has 0 spiro atoms. The molecule has 0 aliphatic carbocycles. The molecule has 5 heteroatoms. The van der Waals surface area contributed by atoms with Crippen LogP contribution in [0.1, 0.15) is 13.3 Å². The summed E-state index contributed by atoms with van der Waals surface area (Å²) < 4.78 is 0. The maximum atomic E-state index is 6.17. The zero-order chi connectivity index (χ0) is 13.0. The summed E-state index contributed by atoms with van der Waals surface area (Å²) in [6, 6.07) is 5.47. The van der Waals surface area contributed by atoms with Crippen molar-refractivity contribution in [2.75, 3.05) is 11.9 Å². The average Bonchev–Trinajstić information content (AvgIpc) is 2.39. The number of nitrogens with one attached hydrogen (secondary N) is 1. The Morgan fingerprint density at radius 2 is 2.11 bits per heavy atom. The summed E-state index contributed by atoms with van der Waals surface area (Å²) in [6.45, 7) is 2.90. The minimum atomic E-state index is 0.523. The third kappa shape index (κ3) is 2.92. The van der Waals surface area contributed by atoms with Gasteiger partial charge in [-0.15, -0.1) is 0 Å². The van der Waals surface area contributed by atoms with Crippen molar-refractivity contribution in [3.63, 3.8) is 0 Å². The Bertz CT molecular complexity index is 529. The number of hydrogen-bond donors (Lipinski definition) is 1. The molecule has 0 radical (unpaired) electrons. The molecule has 2 aromatic heterocycles. The third-order valence-electron chi connectivity index (χ3n) is 2.41. The molecule has 0 bridgehead atoms. The number of halogens is 2. The first kappa shape index (κ1) is 13.1. The second-order valence-corrected chi connectivity index (χ2v) is 4.63. The lowest BCUT2D eigenvalue weighted by atomic mass is 10.2. The topological polar surface area (TPSA) is 37.8 Å². The number of anilines is 1. The molecule has 0 aliphatic rings. The maximum absolute atomic E-state index is 6.17. The van der Waals surface area contributed by atoms with Crippen LogP contribution in [0.4, 0.5) is 5.82 Å². The van der Waals surface area contributed by atoms with Gasteiger partial charge in [0, 0.05) is 24.5 Å². The van der Waals surface area contributed by atoms with Gasteiger partial charge >= 0.3 is 0 Å². The summed E-state index contributed by atoms with van der Waals surface area (Å²) in [6.07, 6.45) is 4.44. The largest absolute Gasteiger partial charge is 0.369 e. The van der Waals surface area contributed by atoms with Crippen molar-refractivity contribution >= 4 is 29.0 Å². The molecule has 0 unspecified atom stereocenters. The Labute approximate surface area is 116 Å². The number of nitrogens with zero attached hydrogens (tertiary/aromatic N) is 2. The van der Waals surface area contributed by atoms with Gasteiger partial charge in [-0.25, -0.2) is 4.98 Å². The van der Waals surface area contributed by atoms with E-state index in [0.29, 0.717) is 21.6 Å². The standard InChI is InChI=1S/C13H13Cl2N3/c1-2-5-17-13-11(15)7-10(14)12(18-13)9-4-3-6-16-8-9/h3-4,6-8H,2,5H2,1H3,(H,17,18). The lowest BCUT2D eigenvalue weighted by molar-refractivity contribution is 0.970. The van der Waals surface area contributed by atoms with Gasteiger partial charge in [-0.3, -0.25) is 4.98 Å². The summed E-state index contributed by atoms with van der Waals surface area (Å²) in [5.74, 6) is 0.654. The van der Waals surface area contributed by atoms with E-state index in [1.54, 1.807) is 18.5 Å². The monoisotopic (exact) mass is 281 g/mol. The highest BCUT2D eigenvalue weighted by Gasteiger charge is 2.10. The lowest BCUT2D eigenvalue weighted by Gasteiger charge is -2.10. The van der Waals surface area contributed by atoms with Crippen LogP contribution < -0.4 is 5.32 Å². The second-order valence-electron chi connectivity index (χ2n) is 3.82. The molecule has 0 fully saturated rings. The van der Waals surface area contributed by atoms with Gasteiger partial charge in [-0.2, -0.15) is 0 Å².